The molecule has 1 heterocycles. The van der Waals surface area contributed by atoms with E-state index >= 15 is 0 Å². The van der Waals surface area contributed by atoms with Crippen molar-refractivity contribution in [3.05, 3.63) is 71.5 Å². The van der Waals surface area contributed by atoms with Crippen LogP contribution < -0.4 is 10.6 Å². The molecule has 0 radical (unpaired) electrons. The first kappa shape index (κ1) is 16.3. The molecule has 2 N–H and O–H groups in total. The average molecular weight is 339 g/mol. The number of rotatable bonds is 5. The van der Waals surface area contributed by atoms with Crippen molar-refractivity contribution in [3.63, 3.8) is 0 Å². The molecule has 24 heavy (non-hydrogen) atoms. The van der Waals surface area contributed by atoms with Gasteiger partial charge in [0, 0.05) is 35.7 Å². The molecule has 0 saturated heterocycles. The first-order valence-electron chi connectivity index (χ1n) is 7.78. The normalized spacial score (nSPS) is 11.8. The smallest absolute Gasteiger partial charge is 0.153 e. The van der Waals surface area contributed by atoms with E-state index in [4.69, 9.17) is 11.6 Å². The summed E-state index contributed by atoms with van der Waals surface area (Å²) in [5, 5.41) is 7.29. The number of benzene rings is 2. The Labute approximate surface area is 146 Å². The second-order valence-electron chi connectivity index (χ2n) is 5.50. The second kappa shape index (κ2) is 7.32. The molecule has 5 heteroatoms. The van der Waals surface area contributed by atoms with E-state index in [0.717, 1.165) is 33.3 Å². The lowest BCUT2D eigenvalue weighted by Gasteiger charge is -2.17. The van der Waals surface area contributed by atoms with Crippen LogP contribution in [0.15, 0.2) is 60.9 Å². The fraction of sp³-hybridized carbons (Fsp3) is 0.158. The second-order valence-corrected chi connectivity index (χ2v) is 5.93. The summed E-state index contributed by atoms with van der Waals surface area (Å²) in [7, 11) is 1.90. The van der Waals surface area contributed by atoms with Crippen LogP contribution in [0, 0.1) is 0 Å². The third kappa shape index (κ3) is 3.66. The highest BCUT2D eigenvalue weighted by molar-refractivity contribution is 6.30. The number of hydrogen-bond donors (Lipinski definition) is 2. The fourth-order valence-electron chi connectivity index (χ4n) is 2.49. The molecule has 0 aliphatic carbocycles. The van der Waals surface area contributed by atoms with Gasteiger partial charge in [-0.15, -0.1) is 0 Å². The zero-order chi connectivity index (χ0) is 16.9. The molecule has 1 atom stereocenters. The molecule has 122 valence electrons. The van der Waals surface area contributed by atoms with Crippen LogP contribution >= 0.6 is 11.6 Å². The zero-order valence-electron chi connectivity index (χ0n) is 13.6. The van der Waals surface area contributed by atoms with Gasteiger partial charge in [0.25, 0.3) is 0 Å². The fourth-order valence-corrected chi connectivity index (χ4v) is 2.62. The minimum absolute atomic E-state index is 0.0919. The Morgan fingerprint density at radius 1 is 0.917 bits per heavy atom. The lowest BCUT2D eigenvalue weighted by molar-refractivity contribution is 0.872. The first-order valence-corrected chi connectivity index (χ1v) is 8.16. The Balaban J connectivity index is 1.87. The molecule has 0 spiro atoms. The minimum Gasteiger partial charge on any atom is -0.388 e. The molecule has 0 aliphatic heterocycles. The van der Waals surface area contributed by atoms with Crippen molar-refractivity contribution in [2.45, 2.75) is 13.0 Å². The quantitative estimate of drug-likeness (QED) is 0.686. The summed E-state index contributed by atoms with van der Waals surface area (Å²) in [6, 6.07) is 16.0. The largest absolute Gasteiger partial charge is 0.388 e. The van der Waals surface area contributed by atoms with E-state index in [1.165, 1.54) is 0 Å². The van der Waals surface area contributed by atoms with Crippen LogP contribution in [0.2, 0.25) is 5.02 Å². The van der Waals surface area contributed by atoms with E-state index in [9.17, 15) is 0 Å². The third-order valence-corrected chi connectivity index (χ3v) is 4.12. The van der Waals surface area contributed by atoms with Gasteiger partial charge >= 0.3 is 0 Å². The predicted octanol–water partition coefficient (Wildman–Crippen LogP) is 5.01. The van der Waals surface area contributed by atoms with Crippen molar-refractivity contribution in [3.8, 4) is 11.3 Å². The Morgan fingerprint density at radius 2 is 1.58 bits per heavy atom. The lowest BCUT2D eigenvalue weighted by atomic mass is 10.1. The molecular weight excluding hydrogens is 320 g/mol. The maximum absolute atomic E-state index is 5.96. The highest BCUT2D eigenvalue weighted by Crippen LogP contribution is 2.28. The van der Waals surface area contributed by atoms with Gasteiger partial charge in [0.05, 0.1) is 6.04 Å². The molecule has 0 aliphatic rings. The summed E-state index contributed by atoms with van der Waals surface area (Å²) in [5.74, 6) is 0.761. The summed E-state index contributed by atoms with van der Waals surface area (Å²) in [4.78, 5) is 8.96. The SMILES string of the molecule is CNc1ccc(-c2nccnc2NC(C)c2ccc(Cl)cc2)cc1. The lowest BCUT2D eigenvalue weighted by Crippen LogP contribution is -2.09. The van der Waals surface area contributed by atoms with E-state index in [1.807, 2.05) is 55.6 Å². The van der Waals surface area contributed by atoms with Gasteiger partial charge in [-0.25, -0.2) is 4.98 Å². The van der Waals surface area contributed by atoms with E-state index in [-0.39, 0.29) is 6.04 Å². The Hall–Kier alpha value is -2.59. The van der Waals surface area contributed by atoms with Crippen LogP contribution in [0.4, 0.5) is 11.5 Å². The Morgan fingerprint density at radius 3 is 2.25 bits per heavy atom. The summed E-state index contributed by atoms with van der Waals surface area (Å²) in [5.41, 5.74) is 4.06. The highest BCUT2D eigenvalue weighted by atomic mass is 35.5. The van der Waals surface area contributed by atoms with Gasteiger partial charge in [-0.05, 0) is 36.8 Å². The Kier molecular flexibility index (Phi) is 4.96. The van der Waals surface area contributed by atoms with Crippen LogP contribution in [0.3, 0.4) is 0 Å². The van der Waals surface area contributed by atoms with Gasteiger partial charge < -0.3 is 10.6 Å². The molecule has 3 rings (SSSR count). The molecular formula is C19H19ClN4. The molecule has 0 bridgehead atoms. The van der Waals surface area contributed by atoms with Gasteiger partial charge in [-0.3, -0.25) is 4.98 Å². The monoisotopic (exact) mass is 338 g/mol. The van der Waals surface area contributed by atoms with E-state index in [0.29, 0.717) is 0 Å². The highest BCUT2D eigenvalue weighted by Gasteiger charge is 2.12. The summed E-state index contributed by atoms with van der Waals surface area (Å²) in [6.45, 7) is 2.09. The van der Waals surface area contributed by atoms with Gasteiger partial charge in [-0.2, -0.15) is 0 Å². The molecule has 1 aromatic heterocycles. The number of hydrogen-bond acceptors (Lipinski definition) is 4. The van der Waals surface area contributed by atoms with Crippen LogP contribution in [-0.4, -0.2) is 17.0 Å². The van der Waals surface area contributed by atoms with Gasteiger partial charge in [0.2, 0.25) is 0 Å². The molecule has 3 aromatic rings. The van der Waals surface area contributed by atoms with Crippen molar-refractivity contribution in [1.82, 2.24) is 9.97 Å². The van der Waals surface area contributed by atoms with Crippen LogP contribution in [-0.2, 0) is 0 Å². The number of aromatic nitrogens is 2. The molecule has 2 aromatic carbocycles. The number of anilines is 2. The number of nitrogens with zero attached hydrogens (tertiary/aromatic N) is 2. The topological polar surface area (TPSA) is 49.8 Å². The van der Waals surface area contributed by atoms with Gasteiger partial charge in [-0.1, -0.05) is 35.9 Å². The van der Waals surface area contributed by atoms with Crippen molar-refractivity contribution in [2.75, 3.05) is 17.7 Å². The molecule has 1 unspecified atom stereocenters. The van der Waals surface area contributed by atoms with Gasteiger partial charge in [0.15, 0.2) is 5.82 Å². The summed E-state index contributed by atoms with van der Waals surface area (Å²) < 4.78 is 0. The number of halogens is 1. The molecule has 0 fully saturated rings. The van der Waals surface area contributed by atoms with Gasteiger partial charge in [0.1, 0.15) is 5.69 Å². The molecule has 0 saturated carbocycles. The van der Waals surface area contributed by atoms with E-state index in [2.05, 4.69) is 27.5 Å². The molecule has 0 amide bonds. The van der Waals surface area contributed by atoms with Crippen molar-refractivity contribution in [2.24, 2.45) is 0 Å². The van der Waals surface area contributed by atoms with Crippen LogP contribution in [0.5, 0.6) is 0 Å². The first-order chi connectivity index (χ1) is 11.7. The maximum Gasteiger partial charge on any atom is 0.153 e. The summed E-state index contributed by atoms with van der Waals surface area (Å²) >= 11 is 5.96. The summed E-state index contributed by atoms with van der Waals surface area (Å²) in [6.07, 6.45) is 3.40. The Bertz CT molecular complexity index is 800. The van der Waals surface area contributed by atoms with Crippen LogP contribution in [0.1, 0.15) is 18.5 Å². The zero-order valence-corrected chi connectivity index (χ0v) is 14.4. The van der Waals surface area contributed by atoms with Crippen molar-refractivity contribution in [1.29, 1.82) is 0 Å². The van der Waals surface area contributed by atoms with E-state index < -0.39 is 0 Å². The van der Waals surface area contributed by atoms with Crippen LogP contribution in [0.25, 0.3) is 11.3 Å². The maximum atomic E-state index is 5.96. The number of nitrogens with one attached hydrogen (secondary N) is 2. The van der Waals surface area contributed by atoms with E-state index in [1.54, 1.807) is 12.4 Å². The van der Waals surface area contributed by atoms with Crippen molar-refractivity contribution >= 4 is 23.1 Å². The molecule has 4 nitrogen and oxygen atoms in total. The average Bonchev–Trinajstić information content (AvgIpc) is 2.63. The van der Waals surface area contributed by atoms with Crippen molar-refractivity contribution < 1.29 is 0 Å². The predicted molar refractivity (Wildman–Crippen MR) is 101 cm³/mol. The minimum atomic E-state index is 0.0919. The standard InChI is InChI=1S/C19H19ClN4/c1-13(14-3-7-16(20)8-4-14)24-19-18(22-11-12-23-19)15-5-9-17(21-2)10-6-15/h3-13,21H,1-2H3,(H,23,24). The third-order valence-electron chi connectivity index (χ3n) is 3.87.